The van der Waals surface area contributed by atoms with Crippen LogP contribution in [0, 0.1) is 0 Å². The SMILES string of the molecule is COc1ccc(C(=O)NC(C)c2cccc(OC(C)C)c2)cc1S(=O)(=O)NC(C)C. The molecule has 0 bridgehead atoms. The van der Waals surface area contributed by atoms with Gasteiger partial charge in [0.25, 0.3) is 5.91 Å². The number of sulfonamides is 1. The van der Waals surface area contributed by atoms with E-state index in [-0.39, 0.29) is 40.3 Å². The number of methoxy groups -OCH3 is 1. The molecule has 0 aliphatic carbocycles. The van der Waals surface area contributed by atoms with Gasteiger partial charge in [0.05, 0.1) is 19.3 Å². The highest BCUT2D eigenvalue weighted by Crippen LogP contribution is 2.26. The Kier molecular flexibility index (Phi) is 7.86. The highest BCUT2D eigenvalue weighted by atomic mass is 32.2. The number of amides is 1. The van der Waals surface area contributed by atoms with Crippen LogP contribution in [0.15, 0.2) is 47.4 Å². The predicted octanol–water partition coefficient (Wildman–Crippen LogP) is 3.66. The third kappa shape index (κ3) is 6.21. The van der Waals surface area contributed by atoms with Crippen LogP contribution in [-0.2, 0) is 10.0 Å². The van der Waals surface area contributed by atoms with E-state index in [1.54, 1.807) is 13.8 Å². The lowest BCUT2D eigenvalue weighted by atomic mass is 10.1. The number of hydrogen-bond donors (Lipinski definition) is 2. The minimum atomic E-state index is -3.83. The zero-order valence-corrected chi connectivity index (χ0v) is 19.0. The standard InChI is InChI=1S/C22H30N2O5S/c1-14(2)24-30(26,27)21-13-18(10-11-20(21)28-6)22(25)23-16(5)17-8-7-9-19(12-17)29-15(3)4/h7-16,24H,1-6H3,(H,23,25). The summed E-state index contributed by atoms with van der Waals surface area (Å²) in [6.07, 6.45) is 0.0456. The lowest BCUT2D eigenvalue weighted by molar-refractivity contribution is 0.0939. The zero-order valence-electron chi connectivity index (χ0n) is 18.2. The van der Waals surface area contributed by atoms with E-state index >= 15 is 0 Å². The minimum Gasteiger partial charge on any atom is -0.495 e. The van der Waals surface area contributed by atoms with Crippen molar-refractivity contribution in [3.05, 3.63) is 53.6 Å². The summed E-state index contributed by atoms with van der Waals surface area (Å²) >= 11 is 0. The van der Waals surface area contributed by atoms with Gasteiger partial charge in [-0.25, -0.2) is 13.1 Å². The van der Waals surface area contributed by atoms with E-state index in [2.05, 4.69) is 10.0 Å². The predicted molar refractivity (Wildman–Crippen MR) is 117 cm³/mol. The molecule has 8 heteroatoms. The van der Waals surface area contributed by atoms with Crippen LogP contribution in [0.2, 0.25) is 0 Å². The van der Waals surface area contributed by atoms with Crippen molar-refractivity contribution >= 4 is 15.9 Å². The Morgan fingerprint density at radius 3 is 2.30 bits per heavy atom. The van der Waals surface area contributed by atoms with Crippen LogP contribution in [0.5, 0.6) is 11.5 Å². The van der Waals surface area contributed by atoms with Gasteiger partial charge in [-0.15, -0.1) is 0 Å². The van der Waals surface area contributed by atoms with Crippen molar-refractivity contribution in [3.8, 4) is 11.5 Å². The smallest absolute Gasteiger partial charge is 0.251 e. The van der Waals surface area contributed by atoms with Crippen molar-refractivity contribution in [1.82, 2.24) is 10.0 Å². The van der Waals surface area contributed by atoms with Crippen molar-refractivity contribution in [2.24, 2.45) is 0 Å². The second-order valence-corrected chi connectivity index (χ2v) is 9.26. The Labute approximate surface area is 178 Å². The summed E-state index contributed by atoms with van der Waals surface area (Å²) in [5.74, 6) is 0.508. The number of hydrogen-bond acceptors (Lipinski definition) is 5. The maximum Gasteiger partial charge on any atom is 0.251 e. The van der Waals surface area contributed by atoms with Gasteiger partial charge in [-0.3, -0.25) is 4.79 Å². The van der Waals surface area contributed by atoms with Gasteiger partial charge < -0.3 is 14.8 Å². The first-order valence-corrected chi connectivity index (χ1v) is 11.3. The van der Waals surface area contributed by atoms with Crippen molar-refractivity contribution in [1.29, 1.82) is 0 Å². The van der Waals surface area contributed by atoms with Crippen LogP contribution in [0.3, 0.4) is 0 Å². The van der Waals surface area contributed by atoms with Gasteiger partial charge in [0.15, 0.2) is 0 Å². The van der Waals surface area contributed by atoms with E-state index in [0.717, 1.165) is 11.3 Å². The fourth-order valence-corrected chi connectivity index (χ4v) is 4.34. The molecule has 2 aromatic rings. The average molecular weight is 435 g/mol. The molecule has 7 nitrogen and oxygen atoms in total. The molecule has 2 N–H and O–H groups in total. The van der Waals surface area contributed by atoms with Crippen LogP contribution in [-0.4, -0.2) is 33.6 Å². The number of carbonyl (C=O) groups excluding carboxylic acids is 1. The second-order valence-electron chi connectivity index (χ2n) is 7.58. The molecule has 0 saturated carbocycles. The van der Waals surface area contributed by atoms with Gasteiger partial charge in [-0.2, -0.15) is 0 Å². The van der Waals surface area contributed by atoms with Gasteiger partial charge in [0.1, 0.15) is 16.4 Å². The molecule has 0 spiro atoms. The Hall–Kier alpha value is -2.58. The Bertz CT molecular complexity index is 987. The Morgan fingerprint density at radius 2 is 1.70 bits per heavy atom. The number of carbonyl (C=O) groups is 1. The van der Waals surface area contributed by atoms with E-state index in [0.29, 0.717) is 0 Å². The molecular weight excluding hydrogens is 404 g/mol. The van der Waals surface area contributed by atoms with E-state index in [9.17, 15) is 13.2 Å². The molecule has 2 aromatic carbocycles. The van der Waals surface area contributed by atoms with Crippen LogP contribution in [0.4, 0.5) is 0 Å². The highest BCUT2D eigenvalue weighted by Gasteiger charge is 2.23. The number of ether oxygens (including phenoxy) is 2. The highest BCUT2D eigenvalue weighted by molar-refractivity contribution is 7.89. The number of rotatable bonds is 9. The Morgan fingerprint density at radius 1 is 1.00 bits per heavy atom. The summed E-state index contributed by atoms with van der Waals surface area (Å²) < 4.78 is 38.7. The third-order valence-corrected chi connectivity index (χ3v) is 5.86. The number of benzene rings is 2. The molecule has 1 amide bonds. The molecule has 0 saturated heterocycles. The molecule has 2 rings (SSSR count). The molecule has 1 unspecified atom stereocenters. The monoisotopic (exact) mass is 434 g/mol. The first kappa shape index (κ1) is 23.7. The van der Waals surface area contributed by atoms with Crippen LogP contribution >= 0.6 is 0 Å². The maximum atomic E-state index is 12.8. The average Bonchev–Trinajstić information content (AvgIpc) is 2.66. The first-order valence-electron chi connectivity index (χ1n) is 9.81. The van der Waals surface area contributed by atoms with Crippen molar-refractivity contribution in [2.75, 3.05) is 7.11 Å². The second kappa shape index (κ2) is 9.95. The van der Waals surface area contributed by atoms with E-state index in [1.165, 1.54) is 25.3 Å². The van der Waals surface area contributed by atoms with Crippen molar-refractivity contribution < 1.29 is 22.7 Å². The summed E-state index contributed by atoms with van der Waals surface area (Å²) in [7, 11) is -2.44. The van der Waals surface area contributed by atoms with Crippen LogP contribution < -0.4 is 19.5 Å². The molecule has 1 atom stereocenters. The summed E-state index contributed by atoms with van der Waals surface area (Å²) in [5, 5.41) is 2.90. The van der Waals surface area contributed by atoms with Gasteiger partial charge in [-0.1, -0.05) is 12.1 Å². The lowest BCUT2D eigenvalue weighted by Gasteiger charge is -2.18. The summed E-state index contributed by atoms with van der Waals surface area (Å²) in [4.78, 5) is 12.7. The third-order valence-electron chi connectivity index (χ3n) is 4.18. The fourth-order valence-electron chi connectivity index (χ4n) is 2.89. The van der Waals surface area contributed by atoms with Crippen molar-refractivity contribution in [3.63, 3.8) is 0 Å². The molecule has 30 heavy (non-hydrogen) atoms. The van der Waals surface area contributed by atoms with Crippen LogP contribution in [0.25, 0.3) is 0 Å². The molecule has 0 radical (unpaired) electrons. The molecule has 0 fully saturated rings. The maximum absolute atomic E-state index is 12.8. The van der Waals surface area contributed by atoms with Crippen LogP contribution in [0.1, 0.15) is 56.6 Å². The molecule has 0 heterocycles. The number of nitrogens with one attached hydrogen (secondary N) is 2. The normalized spacial score (nSPS) is 12.7. The molecule has 0 aromatic heterocycles. The van der Waals surface area contributed by atoms with Gasteiger partial charge >= 0.3 is 0 Å². The summed E-state index contributed by atoms with van der Waals surface area (Å²) in [6.45, 7) is 9.19. The molecular formula is C22H30N2O5S. The molecule has 164 valence electrons. The minimum absolute atomic E-state index is 0.0456. The first-order chi connectivity index (χ1) is 14.0. The fraction of sp³-hybridized carbons (Fsp3) is 0.409. The van der Waals surface area contributed by atoms with E-state index in [4.69, 9.17) is 9.47 Å². The molecule has 0 aliphatic heterocycles. The topological polar surface area (TPSA) is 93.7 Å². The van der Waals surface area contributed by atoms with Gasteiger partial charge in [0, 0.05) is 11.6 Å². The zero-order chi connectivity index (χ0) is 22.5. The van der Waals surface area contributed by atoms with Gasteiger partial charge in [0.2, 0.25) is 10.0 Å². The molecule has 0 aliphatic rings. The largest absolute Gasteiger partial charge is 0.495 e. The lowest BCUT2D eigenvalue weighted by Crippen LogP contribution is -2.31. The summed E-state index contributed by atoms with van der Waals surface area (Å²) in [6, 6.07) is 11.2. The van der Waals surface area contributed by atoms with Crippen molar-refractivity contribution in [2.45, 2.75) is 57.7 Å². The quantitative estimate of drug-likeness (QED) is 0.628. The summed E-state index contributed by atoms with van der Waals surface area (Å²) in [5.41, 5.74) is 1.10. The Balaban J connectivity index is 2.26. The van der Waals surface area contributed by atoms with E-state index in [1.807, 2.05) is 45.0 Å². The van der Waals surface area contributed by atoms with Gasteiger partial charge in [-0.05, 0) is 70.5 Å². The van der Waals surface area contributed by atoms with E-state index < -0.39 is 10.0 Å².